The van der Waals surface area contributed by atoms with Crippen LogP contribution in [0.15, 0.2) is 60.7 Å². The topological polar surface area (TPSA) is 108 Å². The summed E-state index contributed by atoms with van der Waals surface area (Å²) < 4.78 is 11.7. The molecule has 1 aromatic heterocycles. The number of aromatic nitrogens is 2. The molecule has 1 heterocycles. The van der Waals surface area contributed by atoms with Gasteiger partial charge in [0.15, 0.2) is 11.5 Å². The van der Waals surface area contributed by atoms with Crippen LogP contribution < -0.4 is 9.47 Å². The summed E-state index contributed by atoms with van der Waals surface area (Å²) in [7, 11) is 0. The van der Waals surface area contributed by atoms with E-state index in [9.17, 15) is 10.1 Å². The van der Waals surface area contributed by atoms with Crippen LogP contribution in [0.25, 0.3) is 22.7 Å². The highest BCUT2D eigenvalue weighted by atomic mass is 16.5. The molecule has 0 aliphatic heterocycles. The number of benzene rings is 3. The lowest BCUT2D eigenvalue weighted by atomic mass is 10.1. The minimum atomic E-state index is -0.968. The molecule has 0 aliphatic carbocycles. The minimum Gasteiger partial charge on any atom is -0.490 e. The third kappa shape index (κ3) is 5.08. The molecule has 0 atom stereocenters. The van der Waals surface area contributed by atoms with Crippen molar-refractivity contribution in [2.24, 2.45) is 0 Å². The van der Waals surface area contributed by atoms with Gasteiger partial charge in [-0.2, -0.15) is 5.26 Å². The number of ether oxygens (including phenoxy) is 2. The number of nitrogens with zero attached hydrogens (tertiary/aromatic N) is 2. The Morgan fingerprint density at radius 2 is 1.88 bits per heavy atom. The van der Waals surface area contributed by atoms with Gasteiger partial charge in [0.05, 0.1) is 28.8 Å². The molecule has 2 N–H and O–H groups in total. The van der Waals surface area contributed by atoms with Crippen LogP contribution in [-0.2, 0) is 6.61 Å². The first-order valence-electron chi connectivity index (χ1n) is 10.8. The van der Waals surface area contributed by atoms with Crippen molar-refractivity contribution in [1.82, 2.24) is 9.97 Å². The quantitative estimate of drug-likeness (QED) is 0.336. The van der Waals surface area contributed by atoms with Crippen molar-refractivity contribution >= 4 is 28.7 Å². The first-order valence-corrected chi connectivity index (χ1v) is 10.8. The predicted octanol–water partition coefficient (Wildman–Crippen LogP) is 5.61. The van der Waals surface area contributed by atoms with Crippen molar-refractivity contribution in [2.45, 2.75) is 20.5 Å². The number of hydrogen-bond donors (Lipinski definition) is 2. The number of carboxylic acid groups (broad SMARTS) is 1. The van der Waals surface area contributed by atoms with E-state index in [0.29, 0.717) is 29.5 Å². The van der Waals surface area contributed by atoms with Gasteiger partial charge in [-0.1, -0.05) is 24.3 Å². The molecule has 3 aromatic carbocycles. The second kappa shape index (κ2) is 9.92. The Morgan fingerprint density at radius 1 is 1.09 bits per heavy atom. The number of aromatic carboxylic acids is 1. The Kier molecular flexibility index (Phi) is 6.60. The van der Waals surface area contributed by atoms with Gasteiger partial charge in [0.25, 0.3) is 0 Å². The maximum Gasteiger partial charge on any atom is 0.335 e. The average Bonchev–Trinajstić information content (AvgIpc) is 3.25. The number of carboxylic acids is 1. The number of H-pyrrole nitrogens is 1. The normalized spacial score (nSPS) is 11.3. The largest absolute Gasteiger partial charge is 0.490 e. The zero-order valence-corrected chi connectivity index (χ0v) is 18.8. The third-order valence-corrected chi connectivity index (χ3v) is 5.19. The van der Waals surface area contributed by atoms with Gasteiger partial charge >= 0.3 is 5.97 Å². The first kappa shape index (κ1) is 22.6. The molecule has 0 aliphatic rings. The molecule has 0 fully saturated rings. The molecule has 0 radical (unpaired) electrons. The lowest BCUT2D eigenvalue weighted by Crippen LogP contribution is -2.01. The summed E-state index contributed by atoms with van der Waals surface area (Å²) in [5.41, 5.74) is 5.03. The van der Waals surface area contributed by atoms with Gasteiger partial charge in [-0.15, -0.1) is 0 Å². The standard InChI is InChI=1S/C27H23N3O4/c1-3-33-25-14-19(7-11-24(25)34-16-18-5-8-20(9-6-18)27(31)32)13-21(15-28)26-29-22-10-4-17(2)12-23(22)30-26/h4-14H,3,16H2,1-2H3,(H,29,30)(H,31,32)/b21-13-. The van der Waals surface area contributed by atoms with Crippen LogP contribution in [0.2, 0.25) is 0 Å². The van der Waals surface area contributed by atoms with Crippen LogP contribution in [0.4, 0.5) is 0 Å². The zero-order chi connectivity index (χ0) is 24.1. The summed E-state index contributed by atoms with van der Waals surface area (Å²) >= 11 is 0. The van der Waals surface area contributed by atoms with E-state index in [-0.39, 0.29) is 12.2 Å². The third-order valence-electron chi connectivity index (χ3n) is 5.19. The SMILES string of the molecule is CCOc1cc(/C=C(/C#N)c2nc3ccc(C)cc3[nH]2)ccc1OCc1ccc(C(=O)O)cc1. The minimum absolute atomic E-state index is 0.225. The van der Waals surface area contributed by atoms with Crippen molar-refractivity contribution < 1.29 is 19.4 Å². The van der Waals surface area contributed by atoms with Crippen molar-refractivity contribution in [3.63, 3.8) is 0 Å². The zero-order valence-electron chi connectivity index (χ0n) is 18.8. The molecule has 0 amide bonds. The molecular weight excluding hydrogens is 430 g/mol. The fraction of sp³-hybridized carbons (Fsp3) is 0.148. The summed E-state index contributed by atoms with van der Waals surface area (Å²) in [5.74, 6) is 0.644. The summed E-state index contributed by atoms with van der Waals surface area (Å²) in [6.45, 7) is 4.60. The van der Waals surface area contributed by atoms with Gasteiger partial charge < -0.3 is 19.6 Å². The Hall–Kier alpha value is -4.57. The number of rotatable bonds is 8. The second-order valence-corrected chi connectivity index (χ2v) is 7.71. The number of allylic oxidation sites excluding steroid dienone is 1. The smallest absolute Gasteiger partial charge is 0.335 e. The summed E-state index contributed by atoms with van der Waals surface area (Å²) in [6.07, 6.45) is 1.75. The monoisotopic (exact) mass is 453 g/mol. The molecule has 0 spiro atoms. The molecule has 0 unspecified atom stereocenters. The van der Waals surface area contributed by atoms with E-state index in [1.54, 1.807) is 36.4 Å². The number of imidazole rings is 1. The van der Waals surface area contributed by atoms with Crippen LogP contribution in [-0.4, -0.2) is 27.7 Å². The lowest BCUT2D eigenvalue weighted by molar-refractivity contribution is 0.0697. The molecular formula is C27H23N3O4. The number of fused-ring (bicyclic) bond motifs is 1. The predicted molar refractivity (Wildman–Crippen MR) is 130 cm³/mol. The fourth-order valence-electron chi connectivity index (χ4n) is 3.48. The highest BCUT2D eigenvalue weighted by Gasteiger charge is 2.11. The van der Waals surface area contributed by atoms with Crippen LogP contribution in [0.5, 0.6) is 11.5 Å². The van der Waals surface area contributed by atoms with Crippen molar-refractivity contribution in [3.8, 4) is 17.6 Å². The molecule has 4 aromatic rings. The van der Waals surface area contributed by atoms with E-state index in [1.165, 1.54) is 0 Å². The summed E-state index contributed by atoms with van der Waals surface area (Å²) in [6, 6.07) is 20.1. The molecule has 170 valence electrons. The van der Waals surface area contributed by atoms with Crippen LogP contribution in [0, 0.1) is 18.3 Å². The molecule has 0 saturated carbocycles. The van der Waals surface area contributed by atoms with E-state index in [2.05, 4.69) is 16.0 Å². The van der Waals surface area contributed by atoms with E-state index < -0.39 is 5.97 Å². The average molecular weight is 453 g/mol. The van der Waals surface area contributed by atoms with E-state index in [4.69, 9.17) is 14.6 Å². The van der Waals surface area contributed by atoms with Gasteiger partial charge in [-0.25, -0.2) is 9.78 Å². The number of nitrogens with one attached hydrogen (secondary N) is 1. The van der Waals surface area contributed by atoms with Gasteiger partial charge in [-0.05, 0) is 73.0 Å². The number of hydrogen-bond acceptors (Lipinski definition) is 5. The maximum absolute atomic E-state index is 11.0. The van der Waals surface area contributed by atoms with Crippen molar-refractivity contribution in [2.75, 3.05) is 6.61 Å². The highest BCUT2D eigenvalue weighted by molar-refractivity contribution is 5.90. The number of aryl methyl sites for hydroxylation is 1. The molecule has 4 rings (SSSR count). The van der Waals surface area contributed by atoms with Crippen LogP contribution >= 0.6 is 0 Å². The number of aromatic amines is 1. The molecule has 34 heavy (non-hydrogen) atoms. The first-order chi connectivity index (χ1) is 16.5. The highest BCUT2D eigenvalue weighted by Crippen LogP contribution is 2.31. The Morgan fingerprint density at radius 3 is 2.59 bits per heavy atom. The molecule has 7 heteroatoms. The van der Waals surface area contributed by atoms with Crippen molar-refractivity contribution in [3.05, 3.63) is 88.7 Å². The summed E-state index contributed by atoms with van der Waals surface area (Å²) in [4.78, 5) is 18.8. The maximum atomic E-state index is 11.0. The Bertz CT molecular complexity index is 1410. The van der Waals surface area contributed by atoms with Gasteiger partial charge in [0.1, 0.15) is 18.5 Å². The number of nitriles is 1. The number of carbonyl (C=O) groups is 1. The Labute approximate surface area is 196 Å². The lowest BCUT2D eigenvalue weighted by Gasteiger charge is -2.13. The van der Waals surface area contributed by atoms with Gasteiger partial charge in [-0.3, -0.25) is 0 Å². The van der Waals surface area contributed by atoms with E-state index >= 15 is 0 Å². The van der Waals surface area contributed by atoms with Gasteiger partial charge in [0.2, 0.25) is 0 Å². The fourth-order valence-corrected chi connectivity index (χ4v) is 3.48. The van der Waals surface area contributed by atoms with Crippen LogP contribution in [0.3, 0.4) is 0 Å². The van der Waals surface area contributed by atoms with E-state index in [1.807, 2.05) is 44.2 Å². The van der Waals surface area contributed by atoms with Crippen LogP contribution in [0.1, 0.15) is 39.8 Å². The van der Waals surface area contributed by atoms with Gasteiger partial charge in [0, 0.05) is 0 Å². The molecule has 7 nitrogen and oxygen atoms in total. The summed E-state index contributed by atoms with van der Waals surface area (Å²) in [5, 5.41) is 18.8. The Balaban J connectivity index is 1.57. The molecule has 0 saturated heterocycles. The second-order valence-electron chi connectivity index (χ2n) is 7.71. The molecule has 0 bridgehead atoms. The van der Waals surface area contributed by atoms with E-state index in [0.717, 1.165) is 27.7 Å². The van der Waals surface area contributed by atoms with Crippen molar-refractivity contribution in [1.29, 1.82) is 5.26 Å².